The maximum Gasteiger partial charge on any atom is 0.337 e. The Balaban J connectivity index is 1.55. The molecule has 0 unspecified atom stereocenters. The van der Waals surface area contributed by atoms with Crippen LogP contribution in [-0.4, -0.2) is 51.1 Å². The fraction of sp³-hybridized carbons (Fsp3) is 0.273. The lowest BCUT2D eigenvalue weighted by atomic mass is 10.1. The zero-order valence-corrected chi connectivity index (χ0v) is 18.2. The Morgan fingerprint density at radius 1 is 1.12 bits per heavy atom. The summed E-state index contributed by atoms with van der Waals surface area (Å²) in [7, 11) is 2.73. The average Bonchev–Trinajstić information content (AvgIpc) is 3.19. The number of methoxy groups -OCH3 is 2. The van der Waals surface area contributed by atoms with Crippen molar-refractivity contribution in [3.63, 3.8) is 0 Å². The van der Waals surface area contributed by atoms with Crippen LogP contribution < -0.4 is 15.0 Å². The highest BCUT2D eigenvalue weighted by atomic mass is 35.5. The molecule has 32 heavy (non-hydrogen) atoms. The summed E-state index contributed by atoms with van der Waals surface area (Å²) in [5.41, 5.74) is 1.24. The van der Waals surface area contributed by atoms with Crippen LogP contribution in [-0.2, 0) is 23.9 Å². The summed E-state index contributed by atoms with van der Waals surface area (Å²) < 4.78 is 14.9. The summed E-state index contributed by atoms with van der Waals surface area (Å²) in [6.07, 6.45) is -0.0404. The van der Waals surface area contributed by atoms with Crippen LogP contribution in [0.2, 0.25) is 5.02 Å². The summed E-state index contributed by atoms with van der Waals surface area (Å²) in [5.74, 6) is -2.27. The van der Waals surface area contributed by atoms with Crippen LogP contribution >= 0.6 is 11.6 Å². The van der Waals surface area contributed by atoms with Gasteiger partial charge in [0.15, 0.2) is 6.61 Å². The molecule has 1 aliphatic heterocycles. The van der Waals surface area contributed by atoms with Gasteiger partial charge in [0.25, 0.3) is 5.91 Å². The first-order chi connectivity index (χ1) is 15.3. The molecule has 0 aliphatic carbocycles. The Morgan fingerprint density at radius 2 is 1.84 bits per heavy atom. The van der Waals surface area contributed by atoms with E-state index in [0.29, 0.717) is 27.7 Å². The maximum absolute atomic E-state index is 12.4. The number of amides is 2. The highest BCUT2D eigenvalue weighted by Gasteiger charge is 2.36. The summed E-state index contributed by atoms with van der Waals surface area (Å²) in [4.78, 5) is 49.9. The molecule has 0 bridgehead atoms. The van der Waals surface area contributed by atoms with Crippen molar-refractivity contribution in [3.05, 3.63) is 53.1 Å². The molecule has 10 heteroatoms. The lowest BCUT2D eigenvalue weighted by Gasteiger charge is -2.17. The first-order valence-corrected chi connectivity index (χ1v) is 9.99. The van der Waals surface area contributed by atoms with Crippen molar-refractivity contribution in [2.24, 2.45) is 5.92 Å². The van der Waals surface area contributed by atoms with E-state index >= 15 is 0 Å². The minimum Gasteiger partial charge on any atom is -0.495 e. The number of esters is 2. The van der Waals surface area contributed by atoms with Crippen LogP contribution in [0, 0.1) is 5.92 Å². The van der Waals surface area contributed by atoms with Crippen LogP contribution in [0.25, 0.3) is 0 Å². The lowest BCUT2D eigenvalue weighted by molar-refractivity contribution is -0.151. The third-order valence-electron chi connectivity index (χ3n) is 4.84. The molecule has 1 atom stereocenters. The van der Waals surface area contributed by atoms with Crippen molar-refractivity contribution in [2.75, 3.05) is 37.6 Å². The Hall–Kier alpha value is -3.59. The van der Waals surface area contributed by atoms with Crippen molar-refractivity contribution in [3.8, 4) is 5.75 Å². The molecule has 0 spiro atoms. The predicted octanol–water partition coefficient (Wildman–Crippen LogP) is 2.67. The summed E-state index contributed by atoms with van der Waals surface area (Å²) in [5, 5.41) is 2.97. The van der Waals surface area contributed by atoms with Gasteiger partial charge in [-0.15, -0.1) is 0 Å². The first kappa shape index (κ1) is 23.1. The molecule has 0 saturated carbocycles. The number of anilines is 2. The quantitative estimate of drug-likeness (QED) is 0.632. The molecule has 9 nitrogen and oxygen atoms in total. The first-order valence-electron chi connectivity index (χ1n) is 9.61. The second-order valence-electron chi connectivity index (χ2n) is 6.94. The summed E-state index contributed by atoms with van der Waals surface area (Å²) in [6, 6.07) is 11.0. The highest BCUT2D eigenvalue weighted by Crippen LogP contribution is 2.28. The fourth-order valence-corrected chi connectivity index (χ4v) is 3.40. The molecule has 2 aromatic rings. The van der Waals surface area contributed by atoms with E-state index in [-0.39, 0.29) is 18.9 Å². The van der Waals surface area contributed by atoms with Gasteiger partial charge in [-0.2, -0.15) is 0 Å². The number of rotatable bonds is 7. The molecule has 0 radical (unpaired) electrons. The third kappa shape index (κ3) is 5.36. The number of nitrogens with zero attached hydrogens (tertiary/aromatic N) is 1. The topological polar surface area (TPSA) is 111 Å². The minimum atomic E-state index is -0.712. The van der Waals surface area contributed by atoms with Crippen molar-refractivity contribution in [2.45, 2.75) is 6.42 Å². The van der Waals surface area contributed by atoms with Gasteiger partial charge in [-0.1, -0.05) is 11.6 Å². The molecule has 2 amide bonds. The molecule has 3 rings (SSSR count). The number of benzene rings is 2. The number of hydrogen-bond donors (Lipinski definition) is 1. The van der Waals surface area contributed by atoms with Gasteiger partial charge >= 0.3 is 11.9 Å². The molecule has 1 aliphatic rings. The maximum atomic E-state index is 12.4. The fourth-order valence-electron chi connectivity index (χ4n) is 3.23. The van der Waals surface area contributed by atoms with Crippen molar-refractivity contribution in [1.29, 1.82) is 0 Å². The van der Waals surface area contributed by atoms with E-state index in [4.69, 9.17) is 21.1 Å². The number of nitrogens with one attached hydrogen (secondary N) is 1. The van der Waals surface area contributed by atoms with E-state index in [2.05, 4.69) is 10.1 Å². The predicted molar refractivity (Wildman–Crippen MR) is 116 cm³/mol. The number of carbonyl (C=O) groups is 4. The zero-order valence-electron chi connectivity index (χ0n) is 17.4. The molecule has 168 valence electrons. The van der Waals surface area contributed by atoms with Crippen molar-refractivity contribution < 1.29 is 33.4 Å². The molecular formula is C22H21ClN2O7. The van der Waals surface area contributed by atoms with E-state index in [9.17, 15) is 19.2 Å². The Kier molecular flexibility index (Phi) is 7.32. The number of carbonyl (C=O) groups excluding carboxylic acids is 4. The van der Waals surface area contributed by atoms with Gasteiger partial charge in [0.05, 0.1) is 31.4 Å². The SMILES string of the molecule is COC(=O)c1ccc(N2C[C@@H](C(=O)OCC(=O)Nc3cc(Cl)ccc3OC)CC2=O)cc1. The van der Waals surface area contributed by atoms with Gasteiger partial charge in [-0.25, -0.2) is 4.79 Å². The van der Waals surface area contributed by atoms with E-state index in [1.54, 1.807) is 24.3 Å². The summed E-state index contributed by atoms with van der Waals surface area (Å²) in [6.45, 7) is -0.411. The Labute approximate surface area is 189 Å². The van der Waals surface area contributed by atoms with Gasteiger partial charge in [-0.05, 0) is 42.5 Å². The van der Waals surface area contributed by atoms with Crippen molar-refractivity contribution >= 4 is 46.7 Å². The second kappa shape index (κ2) is 10.1. The average molecular weight is 461 g/mol. The smallest absolute Gasteiger partial charge is 0.337 e. The van der Waals surface area contributed by atoms with Gasteiger partial charge in [0.2, 0.25) is 5.91 Å². The van der Waals surface area contributed by atoms with Crippen molar-refractivity contribution in [1.82, 2.24) is 0 Å². The van der Waals surface area contributed by atoms with Gasteiger partial charge in [0, 0.05) is 23.7 Å². The van der Waals surface area contributed by atoms with E-state index in [0.717, 1.165) is 0 Å². The van der Waals surface area contributed by atoms with Crippen LogP contribution in [0.4, 0.5) is 11.4 Å². The van der Waals surface area contributed by atoms with Gasteiger partial charge in [-0.3, -0.25) is 14.4 Å². The Bertz CT molecular complexity index is 1040. The number of hydrogen-bond acceptors (Lipinski definition) is 7. The second-order valence-corrected chi connectivity index (χ2v) is 7.38. The van der Waals surface area contributed by atoms with Crippen LogP contribution in [0.15, 0.2) is 42.5 Å². The molecule has 0 aromatic heterocycles. The highest BCUT2D eigenvalue weighted by molar-refractivity contribution is 6.31. The molecule has 1 N–H and O–H groups in total. The minimum absolute atomic E-state index is 0.0404. The standard InChI is InChI=1S/C22H21ClN2O7/c1-30-18-8-5-15(23)10-17(18)24-19(26)12-32-22(29)14-9-20(27)25(11-14)16-6-3-13(4-7-16)21(28)31-2/h3-8,10,14H,9,11-12H2,1-2H3,(H,24,26)/t14-/m0/s1. The molecule has 1 heterocycles. The van der Waals surface area contributed by atoms with E-state index < -0.39 is 30.4 Å². The lowest BCUT2D eigenvalue weighted by Crippen LogP contribution is -2.28. The van der Waals surface area contributed by atoms with Gasteiger partial charge < -0.3 is 24.4 Å². The van der Waals surface area contributed by atoms with Crippen LogP contribution in [0.3, 0.4) is 0 Å². The zero-order chi connectivity index (χ0) is 23.3. The molecule has 1 saturated heterocycles. The number of ether oxygens (including phenoxy) is 3. The molecule has 2 aromatic carbocycles. The van der Waals surface area contributed by atoms with E-state index in [1.807, 2.05) is 0 Å². The molecular weight excluding hydrogens is 440 g/mol. The molecule has 1 fully saturated rings. The number of halogens is 1. The monoisotopic (exact) mass is 460 g/mol. The van der Waals surface area contributed by atoms with E-state index in [1.165, 1.54) is 37.3 Å². The normalized spacial score (nSPS) is 15.3. The largest absolute Gasteiger partial charge is 0.495 e. The third-order valence-corrected chi connectivity index (χ3v) is 5.07. The van der Waals surface area contributed by atoms with Crippen LogP contribution in [0.1, 0.15) is 16.8 Å². The van der Waals surface area contributed by atoms with Gasteiger partial charge in [0.1, 0.15) is 5.75 Å². The Morgan fingerprint density at radius 3 is 2.50 bits per heavy atom. The van der Waals surface area contributed by atoms with Crippen LogP contribution in [0.5, 0.6) is 5.75 Å². The summed E-state index contributed by atoms with van der Waals surface area (Å²) >= 11 is 5.93.